The summed E-state index contributed by atoms with van der Waals surface area (Å²) < 4.78 is 1.66. The van der Waals surface area contributed by atoms with E-state index in [9.17, 15) is 28.8 Å². The van der Waals surface area contributed by atoms with E-state index in [0.29, 0.717) is 0 Å². The maximum atomic E-state index is 12.2. The average molecular weight is 469 g/mol. The molecule has 158 valence electrons. The Morgan fingerprint density at radius 2 is 1.23 bits per heavy atom. The maximum absolute atomic E-state index is 12.2. The summed E-state index contributed by atoms with van der Waals surface area (Å²) in [5.41, 5.74) is -3.64. The number of aromatic amines is 1. The van der Waals surface area contributed by atoms with E-state index in [-0.39, 0.29) is 22.4 Å². The number of fused-ring (bicyclic) bond motifs is 2. The van der Waals surface area contributed by atoms with Crippen LogP contribution in [0.5, 0.6) is 0 Å². The van der Waals surface area contributed by atoms with E-state index in [1.807, 2.05) is 0 Å². The van der Waals surface area contributed by atoms with Crippen molar-refractivity contribution in [1.82, 2.24) is 28.7 Å². The van der Waals surface area contributed by atoms with Crippen LogP contribution >= 0.6 is 23.2 Å². The lowest BCUT2D eigenvalue weighted by Crippen LogP contribution is -2.26. The van der Waals surface area contributed by atoms with Gasteiger partial charge < -0.3 is 15.2 Å². The minimum Gasteiger partial charge on any atom is -0.477 e. The van der Waals surface area contributed by atoms with Crippen molar-refractivity contribution in [3.63, 3.8) is 0 Å². The van der Waals surface area contributed by atoms with Gasteiger partial charge in [0.1, 0.15) is 23.7 Å². The van der Waals surface area contributed by atoms with Gasteiger partial charge in [-0.3, -0.25) is 28.0 Å². The van der Waals surface area contributed by atoms with Crippen LogP contribution in [-0.2, 0) is 0 Å². The fourth-order valence-electron chi connectivity index (χ4n) is 2.55. The highest BCUT2D eigenvalue weighted by Gasteiger charge is 2.23. The van der Waals surface area contributed by atoms with E-state index in [4.69, 9.17) is 33.4 Å². The van der Waals surface area contributed by atoms with Gasteiger partial charge in [0.15, 0.2) is 22.8 Å². The number of aromatic nitrogens is 6. The molecule has 31 heavy (non-hydrogen) atoms. The Morgan fingerprint density at radius 1 is 0.774 bits per heavy atom. The first kappa shape index (κ1) is 21.5. The highest BCUT2D eigenvalue weighted by Crippen LogP contribution is 2.10. The zero-order chi connectivity index (χ0) is 23.0. The van der Waals surface area contributed by atoms with Crippen LogP contribution in [0.2, 0.25) is 0 Å². The molecule has 0 saturated carbocycles. The molecule has 0 aliphatic carbocycles. The fourth-order valence-corrected chi connectivity index (χ4v) is 2.83. The molecule has 0 radical (unpaired) electrons. The third-order valence-electron chi connectivity index (χ3n) is 3.81. The molecule has 0 aliphatic heterocycles. The predicted molar refractivity (Wildman–Crippen MR) is 101 cm³/mol. The summed E-state index contributed by atoms with van der Waals surface area (Å²) in [6.45, 7) is 0. The van der Waals surface area contributed by atoms with Gasteiger partial charge in [-0.1, -0.05) is 0 Å². The van der Waals surface area contributed by atoms with Crippen molar-refractivity contribution < 1.29 is 29.4 Å². The minimum absolute atomic E-state index is 0.284. The highest BCUT2D eigenvalue weighted by molar-refractivity contribution is 6.68. The molecule has 14 nitrogen and oxygen atoms in total. The van der Waals surface area contributed by atoms with Crippen molar-refractivity contribution >= 4 is 56.7 Å². The number of halogens is 2. The number of carboxylic acids is 2. The van der Waals surface area contributed by atoms with Gasteiger partial charge in [-0.05, 0) is 23.2 Å². The van der Waals surface area contributed by atoms with Gasteiger partial charge in [0.25, 0.3) is 21.6 Å². The Bertz CT molecular complexity index is 1390. The Balaban J connectivity index is 0.000000210. The third-order valence-corrected chi connectivity index (χ3v) is 4.16. The lowest BCUT2D eigenvalue weighted by atomic mass is 10.3. The second-order valence-corrected chi connectivity index (χ2v) is 6.20. The molecule has 0 unspecified atom stereocenters. The van der Waals surface area contributed by atoms with Crippen molar-refractivity contribution in [3.05, 3.63) is 62.5 Å². The largest absolute Gasteiger partial charge is 0.477 e. The molecule has 4 aromatic rings. The molecule has 4 heterocycles. The monoisotopic (exact) mass is 468 g/mol. The van der Waals surface area contributed by atoms with E-state index in [0.717, 1.165) is 27.8 Å². The van der Waals surface area contributed by atoms with Gasteiger partial charge in [0.05, 0.1) is 6.33 Å². The Labute approximate surface area is 177 Å². The van der Waals surface area contributed by atoms with Crippen LogP contribution in [0.25, 0.3) is 11.0 Å². The van der Waals surface area contributed by atoms with Crippen molar-refractivity contribution in [2.45, 2.75) is 0 Å². The van der Waals surface area contributed by atoms with Gasteiger partial charge in [0, 0.05) is 0 Å². The molecule has 0 amide bonds. The number of carbonyl (C=O) groups is 4. The summed E-state index contributed by atoms with van der Waals surface area (Å²) in [6, 6.07) is 0. The van der Waals surface area contributed by atoms with Crippen LogP contribution in [0.15, 0.2) is 28.6 Å². The Hall–Kier alpha value is -4.17. The summed E-state index contributed by atoms with van der Waals surface area (Å²) in [5, 5.41) is 14.8. The zero-order valence-corrected chi connectivity index (χ0v) is 16.1. The summed E-state index contributed by atoms with van der Waals surface area (Å²) in [4.78, 5) is 80.0. The van der Waals surface area contributed by atoms with Gasteiger partial charge in [-0.15, -0.1) is 0 Å². The molecule has 16 heteroatoms. The van der Waals surface area contributed by atoms with E-state index >= 15 is 0 Å². The highest BCUT2D eigenvalue weighted by atomic mass is 35.5. The number of carbonyl (C=O) groups excluding carboxylic acids is 2. The molecular formula is C15H6Cl2N6O8. The zero-order valence-electron chi connectivity index (χ0n) is 14.6. The van der Waals surface area contributed by atoms with Crippen LogP contribution in [0, 0.1) is 0 Å². The lowest BCUT2D eigenvalue weighted by Gasteiger charge is -1.96. The van der Waals surface area contributed by atoms with Gasteiger partial charge in [-0.25, -0.2) is 24.5 Å². The smallest absolute Gasteiger partial charge is 0.357 e. The molecule has 0 spiro atoms. The molecule has 0 aromatic carbocycles. The average Bonchev–Trinajstić information content (AvgIpc) is 3.43. The van der Waals surface area contributed by atoms with Gasteiger partial charge in [-0.2, -0.15) is 0 Å². The number of nitrogens with one attached hydrogen (secondary N) is 1. The first-order valence-electron chi connectivity index (χ1n) is 7.69. The molecule has 0 saturated heterocycles. The molecule has 0 atom stereocenters. The SMILES string of the molecule is O=C(Cl)c1ncn2c(=O)c3c(C(=O)Cl)ncn3c(=O)c12.O=C(O)c1nc[nH]c1C(=O)O. The summed E-state index contributed by atoms with van der Waals surface area (Å²) in [6.07, 6.45) is 2.97. The number of aromatic carboxylic acids is 2. The summed E-state index contributed by atoms with van der Waals surface area (Å²) in [5.74, 6) is -2.69. The van der Waals surface area contributed by atoms with E-state index in [1.165, 1.54) is 0 Å². The standard InChI is InChI=1S/C10H2Cl2N4O4.C5H4N2O4/c11-7(17)3-5-10(20)16-2-14-4(8(12)18)6(16)9(19)15(5)1-13-3;8-4(9)2-3(5(10)11)7-1-6-2/h1-2H;1H,(H,6,7)(H,8,9)(H,10,11). The molecule has 0 fully saturated rings. The van der Waals surface area contributed by atoms with Crippen molar-refractivity contribution in [3.8, 4) is 0 Å². The van der Waals surface area contributed by atoms with Crippen molar-refractivity contribution in [2.75, 3.05) is 0 Å². The number of imidazole rings is 3. The third kappa shape index (κ3) is 3.60. The van der Waals surface area contributed by atoms with Gasteiger partial charge >= 0.3 is 11.9 Å². The van der Waals surface area contributed by atoms with Crippen molar-refractivity contribution in [2.24, 2.45) is 0 Å². The second-order valence-electron chi connectivity index (χ2n) is 5.52. The van der Waals surface area contributed by atoms with Crippen LogP contribution < -0.4 is 11.1 Å². The van der Waals surface area contributed by atoms with Crippen LogP contribution in [0.3, 0.4) is 0 Å². The molecular weight excluding hydrogens is 463 g/mol. The predicted octanol–water partition coefficient (Wildman–Crippen LogP) is -0.296. The molecule has 0 bridgehead atoms. The molecule has 0 aliphatic rings. The topological polar surface area (TPSA) is 206 Å². The number of hydrogen-bond donors (Lipinski definition) is 3. The van der Waals surface area contributed by atoms with E-state index in [1.54, 1.807) is 0 Å². The van der Waals surface area contributed by atoms with Crippen molar-refractivity contribution in [1.29, 1.82) is 0 Å². The maximum Gasteiger partial charge on any atom is 0.357 e. The van der Waals surface area contributed by atoms with E-state index < -0.39 is 44.9 Å². The normalized spacial score (nSPS) is 10.6. The minimum atomic E-state index is -1.36. The summed E-state index contributed by atoms with van der Waals surface area (Å²) in [7, 11) is 0. The van der Waals surface area contributed by atoms with E-state index in [2.05, 4.69) is 19.9 Å². The number of hydrogen-bond acceptors (Lipinski definition) is 9. The first-order valence-corrected chi connectivity index (χ1v) is 8.45. The molecule has 4 aromatic heterocycles. The lowest BCUT2D eigenvalue weighted by molar-refractivity contribution is 0.0644. The second kappa shape index (κ2) is 7.92. The van der Waals surface area contributed by atoms with Crippen LogP contribution in [0.4, 0.5) is 0 Å². The first-order chi connectivity index (χ1) is 14.6. The Morgan fingerprint density at radius 3 is 1.55 bits per heavy atom. The van der Waals surface area contributed by atoms with Crippen LogP contribution in [-0.4, -0.2) is 61.4 Å². The summed E-state index contributed by atoms with van der Waals surface area (Å²) >= 11 is 10.6. The molecule has 4 rings (SSSR count). The van der Waals surface area contributed by atoms with Crippen LogP contribution in [0.1, 0.15) is 42.0 Å². The fraction of sp³-hybridized carbons (Fsp3) is 0. The number of H-pyrrole nitrogens is 1. The number of nitrogens with zero attached hydrogens (tertiary/aromatic N) is 5. The number of rotatable bonds is 4. The number of carboxylic acid groups (broad SMARTS) is 2. The quantitative estimate of drug-likeness (QED) is 0.331. The molecule has 3 N–H and O–H groups in total. The Kier molecular flexibility index (Phi) is 5.51. The van der Waals surface area contributed by atoms with Gasteiger partial charge in [0.2, 0.25) is 0 Å².